The number of amides is 1. The quantitative estimate of drug-likeness (QED) is 0.843. The molecule has 0 radical (unpaired) electrons. The van der Waals surface area contributed by atoms with Crippen molar-refractivity contribution < 1.29 is 9.90 Å². The summed E-state index contributed by atoms with van der Waals surface area (Å²) in [5, 5.41) is 15.7. The van der Waals surface area contributed by atoms with Crippen molar-refractivity contribution >= 4 is 11.6 Å². The van der Waals surface area contributed by atoms with Crippen molar-refractivity contribution in [2.24, 2.45) is 7.05 Å². The first-order valence-corrected chi connectivity index (χ1v) is 6.62. The summed E-state index contributed by atoms with van der Waals surface area (Å²) in [6, 6.07) is 9.02. The van der Waals surface area contributed by atoms with E-state index in [1.165, 1.54) is 0 Å². The molecule has 0 aliphatic rings. The molecular weight excluding hydrogens is 266 g/mol. The van der Waals surface area contributed by atoms with E-state index in [1.807, 2.05) is 19.1 Å². The minimum absolute atomic E-state index is 0.0449. The van der Waals surface area contributed by atoms with Gasteiger partial charge in [-0.1, -0.05) is 17.9 Å². The van der Waals surface area contributed by atoms with E-state index in [4.69, 9.17) is 5.11 Å². The fraction of sp³-hybridized carbons (Fsp3) is 0.250. The van der Waals surface area contributed by atoms with Gasteiger partial charge in [0.1, 0.15) is 5.69 Å². The van der Waals surface area contributed by atoms with E-state index in [1.54, 1.807) is 29.9 Å². The summed E-state index contributed by atoms with van der Waals surface area (Å²) < 4.78 is 1.55. The summed E-state index contributed by atoms with van der Waals surface area (Å²) >= 11 is 0. The van der Waals surface area contributed by atoms with Crippen molar-refractivity contribution in [3.05, 3.63) is 47.3 Å². The van der Waals surface area contributed by atoms with Gasteiger partial charge in [0.25, 0.3) is 5.91 Å². The Morgan fingerprint density at radius 1 is 1.43 bits per heavy atom. The average molecular weight is 283 g/mol. The summed E-state index contributed by atoms with van der Waals surface area (Å²) in [4.78, 5) is 12.2. The number of hydrogen-bond acceptors (Lipinski definition) is 3. The van der Waals surface area contributed by atoms with Crippen molar-refractivity contribution in [1.82, 2.24) is 9.78 Å². The molecule has 0 atom stereocenters. The van der Waals surface area contributed by atoms with Crippen LogP contribution in [0.15, 0.2) is 30.3 Å². The van der Waals surface area contributed by atoms with E-state index in [2.05, 4.69) is 22.3 Å². The van der Waals surface area contributed by atoms with Gasteiger partial charge in [-0.25, -0.2) is 0 Å². The lowest BCUT2D eigenvalue weighted by molar-refractivity contribution is 0.101. The van der Waals surface area contributed by atoms with Gasteiger partial charge in [-0.2, -0.15) is 5.10 Å². The fourth-order valence-corrected chi connectivity index (χ4v) is 1.91. The van der Waals surface area contributed by atoms with Crippen LogP contribution in [0.1, 0.15) is 28.2 Å². The molecule has 0 saturated heterocycles. The van der Waals surface area contributed by atoms with Gasteiger partial charge in [0.15, 0.2) is 0 Å². The SMILES string of the molecule is Cc1cc(C(=O)Nc2cccc(C#CCCO)c2)n(C)n1. The van der Waals surface area contributed by atoms with Crippen molar-refractivity contribution in [3.8, 4) is 11.8 Å². The van der Waals surface area contributed by atoms with Crippen molar-refractivity contribution in [2.75, 3.05) is 11.9 Å². The molecule has 5 heteroatoms. The van der Waals surface area contributed by atoms with Gasteiger partial charge in [0.05, 0.1) is 12.3 Å². The van der Waals surface area contributed by atoms with E-state index in [0.717, 1.165) is 11.3 Å². The Bertz CT molecular complexity index is 708. The summed E-state index contributed by atoms with van der Waals surface area (Å²) in [7, 11) is 1.73. The molecule has 2 N–H and O–H groups in total. The van der Waals surface area contributed by atoms with Crippen molar-refractivity contribution in [1.29, 1.82) is 0 Å². The number of aromatic nitrogens is 2. The number of nitrogens with zero attached hydrogens (tertiary/aromatic N) is 2. The molecule has 21 heavy (non-hydrogen) atoms. The zero-order chi connectivity index (χ0) is 15.2. The van der Waals surface area contributed by atoms with Gasteiger partial charge in [0, 0.05) is 24.7 Å². The van der Waals surface area contributed by atoms with Crippen LogP contribution in [0.3, 0.4) is 0 Å². The predicted molar refractivity (Wildman–Crippen MR) is 80.9 cm³/mol. The Hall–Kier alpha value is -2.58. The van der Waals surface area contributed by atoms with Crippen LogP contribution in [0, 0.1) is 18.8 Å². The standard InChI is InChI=1S/C16H17N3O2/c1-12-10-15(19(2)18-12)16(21)17-14-8-5-7-13(11-14)6-3-4-9-20/h5,7-8,10-11,20H,4,9H2,1-2H3,(H,17,21). The first-order valence-electron chi connectivity index (χ1n) is 6.62. The van der Waals surface area contributed by atoms with Crippen LogP contribution >= 0.6 is 0 Å². The molecule has 1 aromatic heterocycles. The lowest BCUT2D eigenvalue weighted by Gasteiger charge is -2.05. The van der Waals surface area contributed by atoms with Crippen LogP contribution in [0.25, 0.3) is 0 Å². The highest BCUT2D eigenvalue weighted by molar-refractivity contribution is 6.03. The lowest BCUT2D eigenvalue weighted by Crippen LogP contribution is -2.16. The van der Waals surface area contributed by atoms with Crippen LogP contribution < -0.4 is 5.32 Å². The lowest BCUT2D eigenvalue weighted by atomic mass is 10.2. The number of aryl methyl sites for hydroxylation is 2. The average Bonchev–Trinajstić information content (AvgIpc) is 2.78. The molecule has 0 saturated carbocycles. The number of benzene rings is 1. The third kappa shape index (κ3) is 3.94. The summed E-state index contributed by atoms with van der Waals surface area (Å²) in [5.74, 6) is 5.58. The third-order valence-corrected chi connectivity index (χ3v) is 2.82. The number of aliphatic hydroxyl groups is 1. The number of carbonyl (C=O) groups excluding carboxylic acids is 1. The number of rotatable bonds is 3. The topological polar surface area (TPSA) is 67.2 Å². The molecule has 0 aliphatic carbocycles. The Labute approximate surface area is 123 Å². The van der Waals surface area contributed by atoms with Gasteiger partial charge in [-0.05, 0) is 31.2 Å². The maximum atomic E-state index is 12.2. The van der Waals surface area contributed by atoms with E-state index < -0.39 is 0 Å². The van der Waals surface area contributed by atoms with E-state index in [0.29, 0.717) is 17.8 Å². The van der Waals surface area contributed by atoms with Crippen LogP contribution in [0.5, 0.6) is 0 Å². The molecule has 2 aromatic rings. The van der Waals surface area contributed by atoms with Gasteiger partial charge in [-0.15, -0.1) is 0 Å². The van der Waals surface area contributed by atoms with E-state index in [9.17, 15) is 4.79 Å². The molecule has 2 rings (SSSR count). The highest BCUT2D eigenvalue weighted by atomic mass is 16.2. The van der Waals surface area contributed by atoms with E-state index in [-0.39, 0.29) is 12.5 Å². The summed E-state index contributed by atoms with van der Waals surface area (Å²) in [6.07, 6.45) is 0.435. The van der Waals surface area contributed by atoms with Gasteiger partial charge >= 0.3 is 0 Å². The molecule has 0 bridgehead atoms. The molecular formula is C16H17N3O2. The largest absolute Gasteiger partial charge is 0.395 e. The molecule has 0 fully saturated rings. The highest BCUT2D eigenvalue weighted by Gasteiger charge is 2.11. The number of anilines is 1. The first-order chi connectivity index (χ1) is 10.1. The van der Waals surface area contributed by atoms with Crippen LogP contribution in [-0.2, 0) is 7.05 Å². The second-order valence-corrected chi connectivity index (χ2v) is 4.60. The van der Waals surface area contributed by atoms with Crippen molar-refractivity contribution in [2.45, 2.75) is 13.3 Å². The van der Waals surface area contributed by atoms with Crippen LogP contribution in [0.2, 0.25) is 0 Å². The number of carbonyl (C=O) groups is 1. The highest BCUT2D eigenvalue weighted by Crippen LogP contribution is 2.12. The summed E-state index contributed by atoms with van der Waals surface area (Å²) in [5.41, 5.74) is 2.77. The molecule has 0 spiro atoms. The molecule has 1 amide bonds. The fourth-order valence-electron chi connectivity index (χ4n) is 1.91. The maximum absolute atomic E-state index is 12.2. The minimum atomic E-state index is -0.210. The Kier molecular flexibility index (Phi) is 4.75. The minimum Gasteiger partial charge on any atom is -0.395 e. The Morgan fingerprint density at radius 2 is 2.24 bits per heavy atom. The van der Waals surface area contributed by atoms with E-state index >= 15 is 0 Å². The second-order valence-electron chi connectivity index (χ2n) is 4.60. The Balaban J connectivity index is 2.13. The molecule has 108 valence electrons. The first kappa shape index (κ1) is 14.8. The zero-order valence-electron chi connectivity index (χ0n) is 12.1. The third-order valence-electron chi connectivity index (χ3n) is 2.82. The van der Waals surface area contributed by atoms with Gasteiger partial charge in [0.2, 0.25) is 0 Å². The normalized spacial score (nSPS) is 9.86. The monoisotopic (exact) mass is 283 g/mol. The number of hydrogen-bond donors (Lipinski definition) is 2. The Morgan fingerprint density at radius 3 is 2.90 bits per heavy atom. The zero-order valence-corrected chi connectivity index (χ0v) is 12.1. The van der Waals surface area contributed by atoms with Crippen LogP contribution in [0.4, 0.5) is 5.69 Å². The maximum Gasteiger partial charge on any atom is 0.273 e. The molecule has 0 aliphatic heterocycles. The van der Waals surface area contributed by atoms with Gasteiger partial charge < -0.3 is 10.4 Å². The molecule has 0 unspecified atom stereocenters. The molecule has 5 nitrogen and oxygen atoms in total. The summed E-state index contributed by atoms with van der Waals surface area (Å²) in [6.45, 7) is 1.89. The molecule has 1 heterocycles. The van der Waals surface area contributed by atoms with Crippen LogP contribution in [-0.4, -0.2) is 27.4 Å². The second kappa shape index (κ2) is 6.73. The smallest absolute Gasteiger partial charge is 0.273 e. The van der Waals surface area contributed by atoms with Gasteiger partial charge in [-0.3, -0.25) is 9.48 Å². The number of nitrogens with one attached hydrogen (secondary N) is 1. The predicted octanol–water partition coefficient (Wildman–Crippen LogP) is 1.71. The number of aliphatic hydroxyl groups excluding tert-OH is 1. The molecule has 1 aromatic carbocycles. The van der Waals surface area contributed by atoms with Crippen molar-refractivity contribution in [3.63, 3.8) is 0 Å².